The highest BCUT2D eigenvalue weighted by molar-refractivity contribution is 7.85. The van der Waals surface area contributed by atoms with Gasteiger partial charge in [0.2, 0.25) is 0 Å². The van der Waals surface area contributed by atoms with Gasteiger partial charge in [-0.2, -0.15) is 8.42 Å². The first kappa shape index (κ1) is 16.5. The van der Waals surface area contributed by atoms with Crippen molar-refractivity contribution in [1.82, 2.24) is 0 Å². The first-order chi connectivity index (χ1) is 10.8. The van der Waals surface area contributed by atoms with Crippen molar-refractivity contribution in [1.29, 1.82) is 0 Å². The molecule has 2 aromatic carbocycles. The molecule has 122 valence electrons. The van der Waals surface area contributed by atoms with Crippen LogP contribution in [0.4, 0.5) is 0 Å². The van der Waals surface area contributed by atoms with E-state index in [0.29, 0.717) is 22.9 Å². The van der Waals surface area contributed by atoms with Gasteiger partial charge in [-0.15, -0.1) is 0 Å². The second-order valence-corrected chi connectivity index (χ2v) is 8.11. The zero-order valence-corrected chi connectivity index (χ0v) is 14.4. The quantitative estimate of drug-likeness (QED) is 0.800. The standard InChI is InChI=1S/C18H19ClO3S/c1-12-2-9-18(23(20,21)22)15(10-12)11-17(13-3-4-13)14-5-7-16(19)8-6-14/h2,5-10,13,17H,3-4,11H2,1H3,(H,20,21,22)/t17-/m0/s1. The van der Waals surface area contributed by atoms with E-state index in [4.69, 9.17) is 11.6 Å². The van der Waals surface area contributed by atoms with Crippen molar-refractivity contribution in [3.8, 4) is 0 Å². The van der Waals surface area contributed by atoms with E-state index in [-0.39, 0.29) is 10.8 Å². The summed E-state index contributed by atoms with van der Waals surface area (Å²) in [5.41, 5.74) is 2.83. The Balaban J connectivity index is 1.98. The summed E-state index contributed by atoms with van der Waals surface area (Å²) in [6.45, 7) is 1.92. The molecule has 0 aliphatic heterocycles. The maximum Gasteiger partial charge on any atom is 0.294 e. The van der Waals surface area contributed by atoms with Gasteiger partial charge in [0.05, 0.1) is 4.90 Å². The molecule has 1 aliphatic carbocycles. The summed E-state index contributed by atoms with van der Waals surface area (Å²) < 4.78 is 32.8. The van der Waals surface area contributed by atoms with Crippen LogP contribution < -0.4 is 0 Å². The van der Waals surface area contributed by atoms with E-state index in [0.717, 1.165) is 18.4 Å². The highest BCUT2D eigenvalue weighted by Gasteiger charge is 2.33. The van der Waals surface area contributed by atoms with Crippen molar-refractivity contribution in [2.75, 3.05) is 0 Å². The van der Waals surface area contributed by atoms with Crippen molar-refractivity contribution in [2.45, 2.75) is 37.0 Å². The molecule has 0 spiro atoms. The average Bonchev–Trinajstić information content (AvgIpc) is 3.29. The highest BCUT2D eigenvalue weighted by atomic mass is 35.5. The van der Waals surface area contributed by atoms with Crippen molar-refractivity contribution < 1.29 is 13.0 Å². The van der Waals surface area contributed by atoms with Crippen LogP contribution in [0.25, 0.3) is 0 Å². The van der Waals surface area contributed by atoms with E-state index in [1.807, 2.05) is 37.3 Å². The summed E-state index contributed by atoms with van der Waals surface area (Å²) in [7, 11) is -4.21. The van der Waals surface area contributed by atoms with E-state index < -0.39 is 10.1 Å². The molecule has 23 heavy (non-hydrogen) atoms. The minimum atomic E-state index is -4.21. The van der Waals surface area contributed by atoms with Crippen molar-refractivity contribution >= 4 is 21.7 Å². The molecule has 0 bridgehead atoms. The Bertz CT molecular complexity index is 809. The van der Waals surface area contributed by atoms with Crippen molar-refractivity contribution in [3.05, 3.63) is 64.2 Å². The fourth-order valence-corrected chi connectivity index (χ4v) is 3.96. The predicted molar refractivity (Wildman–Crippen MR) is 91.6 cm³/mol. The summed E-state index contributed by atoms with van der Waals surface area (Å²) in [5, 5.41) is 0.692. The van der Waals surface area contributed by atoms with Crippen LogP contribution in [-0.2, 0) is 16.5 Å². The molecule has 1 N–H and O–H groups in total. The molecule has 0 amide bonds. The number of hydrogen-bond donors (Lipinski definition) is 1. The Morgan fingerprint density at radius 1 is 1.17 bits per heavy atom. The van der Waals surface area contributed by atoms with Crippen LogP contribution in [0.1, 0.15) is 35.4 Å². The van der Waals surface area contributed by atoms with Crippen molar-refractivity contribution in [3.63, 3.8) is 0 Å². The van der Waals surface area contributed by atoms with E-state index in [9.17, 15) is 13.0 Å². The van der Waals surface area contributed by atoms with E-state index in [1.165, 1.54) is 11.6 Å². The van der Waals surface area contributed by atoms with Gasteiger partial charge in [-0.25, -0.2) is 0 Å². The summed E-state index contributed by atoms with van der Waals surface area (Å²) in [6, 6.07) is 12.8. The lowest BCUT2D eigenvalue weighted by Crippen LogP contribution is -2.10. The summed E-state index contributed by atoms with van der Waals surface area (Å²) >= 11 is 5.97. The van der Waals surface area contributed by atoms with Crippen LogP contribution in [0.3, 0.4) is 0 Å². The van der Waals surface area contributed by atoms with Gasteiger partial charge >= 0.3 is 0 Å². The zero-order valence-electron chi connectivity index (χ0n) is 12.9. The summed E-state index contributed by atoms with van der Waals surface area (Å²) in [4.78, 5) is 0.0164. The maximum atomic E-state index is 11.7. The lowest BCUT2D eigenvalue weighted by molar-refractivity contribution is 0.480. The molecule has 1 aliphatic rings. The van der Waals surface area contributed by atoms with Crippen molar-refractivity contribution in [2.24, 2.45) is 5.92 Å². The molecular weight excluding hydrogens is 332 g/mol. The van der Waals surface area contributed by atoms with Crippen LogP contribution in [0.15, 0.2) is 47.4 Å². The molecule has 0 heterocycles. The van der Waals surface area contributed by atoms with Gasteiger partial charge in [0.25, 0.3) is 10.1 Å². The number of hydrogen-bond acceptors (Lipinski definition) is 2. The molecule has 0 unspecified atom stereocenters. The number of benzene rings is 2. The van der Waals surface area contributed by atoms with E-state index >= 15 is 0 Å². The van der Waals surface area contributed by atoms with Crippen LogP contribution >= 0.6 is 11.6 Å². The Morgan fingerprint density at radius 2 is 1.83 bits per heavy atom. The fourth-order valence-electron chi connectivity index (χ4n) is 3.12. The zero-order chi connectivity index (χ0) is 16.6. The molecule has 2 aromatic rings. The lowest BCUT2D eigenvalue weighted by atomic mass is 9.87. The maximum absolute atomic E-state index is 11.7. The molecule has 0 saturated heterocycles. The topological polar surface area (TPSA) is 54.4 Å². The molecule has 1 fully saturated rings. The van der Waals surface area contributed by atoms with Gasteiger partial charge in [0, 0.05) is 5.02 Å². The first-order valence-corrected chi connectivity index (χ1v) is 9.49. The van der Waals surface area contributed by atoms with Gasteiger partial charge in [0.1, 0.15) is 0 Å². The third-order valence-corrected chi connectivity index (χ3v) is 5.63. The second kappa shape index (κ2) is 6.27. The van der Waals surface area contributed by atoms with Crippen LogP contribution in [-0.4, -0.2) is 13.0 Å². The monoisotopic (exact) mass is 350 g/mol. The average molecular weight is 351 g/mol. The molecule has 5 heteroatoms. The van der Waals surface area contributed by atoms with Crippen LogP contribution in [0, 0.1) is 12.8 Å². The normalized spacial score (nSPS) is 16.3. The smallest absolute Gasteiger partial charge is 0.282 e. The van der Waals surface area contributed by atoms with Gasteiger partial charge in [0.15, 0.2) is 0 Å². The van der Waals surface area contributed by atoms with Gasteiger partial charge < -0.3 is 0 Å². The number of halogens is 1. The Labute approximate surface area is 142 Å². The molecule has 1 saturated carbocycles. The molecule has 0 aromatic heterocycles. The Hall–Kier alpha value is -1.36. The molecule has 3 rings (SSSR count). The largest absolute Gasteiger partial charge is 0.294 e. The Morgan fingerprint density at radius 3 is 2.39 bits per heavy atom. The SMILES string of the molecule is Cc1ccc(S(=O)(=O)O)c(C[C@H](c2ccc(Cl)cc2)C2CC2)c1. The summed E-state index contributed by atoms with van der Waals surface area (Å²) in [6.07, 6.45) is 2.91. The van der Waals surface area contributed by atoms with E-state index in [1.54, 1.807) is 6.07 Å². The third-order valence-electron chi connectivity index (χ3n) is 4.42. The van der Waals surface area contributed by atoms with Gasteiger partial charge in [-0.05, 0) is 67.3 Å². The molecular formula is C18H19ClO3S. The number of rotatable bonds is 5. The van der Waals surface area contributed by atoms with Gasteiger partial charge in [-0.3, -0.25) is 4.55 Å². The molecule has 3 nitrogen and oxygen atoms in total. The first-order valence-electron chi connectivity index (χ1n) is 7.67. The predicted octanol–water partition coefficient (Wildman–Crippen LogP) is 4.63. The third kappa shape index (κ3) is 3.94. The molecule has 0 radical (unpaired) electrons. The second-order valence-electron chi connectivity index (χ2n) is 6.29. The van der Waals surface area contributed by atoms with Crippen LogP contribution in [0.5, 0.6) is 0 Å². The molecule has 1 atom stereocenters. The van der Waals surface area contributed by atoms with Crippen LogP contribution in [0.2, 0.25) is 5.02 Å². The van der Waals surface area contributed by atoms with Gasteiger partial charge in [-0.1, -0.05) is 41.4 Å². The summed E-state index contributed by atoms with van der Waals surface area (Å²) in [5.74, 6) is 0.806. The minimum Gasteiger partial charge on any atom is -0.282 e. The fraction of sp³-hybridized carbons (Fsp3) is 0.333. The Kier molecular flexibility index (Phi) is 4.50. The minimum absolute atomic E-state index is 0.0164. The lowest BCUT2D eigenvalue weighted by Gasteiger charge is -2.19. The van der Waals surface area contributed by atoms with E-state index in [2.05, 4.69) is 0 Å². The highest BCUT2D eigenvalue weighted by Crippen LogP contribution is 2.45. The number of aryl methyl sites for hydroxylation is 1.